The van der Waals surface area contributed by atoms with E-state index in [0.717, 1.165) is 11.3 Å². The number of carbonyl (C=O) groups is 1. The first-order valence-electron chi connectivity index (χ1n) is 8.70. The highest BCUT2D eigenvalue weighted by Crippen LogP contribution is 2.27. The smallest absolute Gasteiger partial charge is 0.274 e. The fourth-order valence-corrected chi connectivity index (χ4v) is 3.04. The van der Waals surface area contributed by atoms with Gasteiger partial charge in [-0.1, -0.05) is 29.3 Å². The molecule has 0 unspecified atom stereocenters. The van der Waals surface area contributed by atoms with Crippen LogP contribution in [0.5, 0.6) is 5.75 Å². The number of ether oxygens (including phenoxy) is 1. The lowest BCUT2D eigenvalue weighted by Gasteiger charge is -2.12. The van der Waals surface area contributed by atoms with Crippen molar-refractivity contribution in [3.8, 4) is 5.75 Å². The summed E-state index contributed by atoms with van der Waals surface area (Å²) in [5.41, 5.74) is 4.01. The zero-order valence-corrected chi connectivity index (χ0v) is 16.9. The number of hydrogen-bond donors (Lipinski definition) is 2. The van der Waals surface area contributed by atoms with Crippen LogP contribution in [0, 0.1) is 20.8 Å². The summed E-state index contributed by atoms with van der Waals surface area (Å²) in [5.74, 6) is 1.23. The highest BCUT2D eigenvalue weighted by molar-refractivity contribution is 6.32. The second-order valence-corrected chi connectivity index (χ2v) is 6.84. The summed E-state index contributed by atoms with van der Waals surface area (Å²) >= 11 is 6.11. The van der Waals surface area contributed by atoms with E-state index >= 15 is 0 Å². The molecule has 0 aliphatic heterocycles. The fourth-order valence-electron chi connectivity index (χ4n) is 2.78. The summed E-state index contributed by atoms with van der Waals surface area (Å²) in [4.78, 5) is 21.3. The standard InChI is InChI=1S/C21H21ClN4O2/c1-12-5-7-17(13(2)9-12)26-20-11-18(23-14(3)24-20)21(27)25-15-6-8-19(28-4)16(22)10-15/h5-11H,1-4H3,(H,25,27)(H,23,24,26). The maximum atomic E-state index is 12.6. The molecule has 0 fully saturated rings. The van der Waals surface area contributed by atoms with Crippen LogP contribution in [0.3, 0.4) is 0 Å². The second-order valence-electron chi connectivity index (χ2n) is 6.43. The zero-order chi connectivity index (χ0) is 20.3. The number of anilines is 3. The lowest BCUT2D eigenvalue weighted by Crippen LogP contribution is -2.15. The Kier molecular flexibility index (Phi) is 5.80. The number of carbonyl (C=O) groups excluding carboxylic acids is 1. The van der Waals surface area contributed by atoms with Gasteiger partial charge >= 0.3 is 0 Å². The molecule has 0 saturated heterocycles. The van der Waals surface area contributed by atoms with E-state index in [9.17, 15) is 4.79 Å². The molecule has 0 atom stereocenters. The third-order valence-electron chi connectivity index (χ3n) is 4.12. The van der Waals surface area contributed by atoms with Crippen LogP contribution in [0.4, 0.5) is 17.2 Å². The lowest BCUT2D eigenvalue weighted by atomic mass is 10.1. The first kappa shape index (κ1) is 19.6. The second kappa shape index (κ2) is 8.27. The van der Waals surface area contributed by atoms with Crippen LogP contribution in [0.15, 0.2) is 42.5 Å². The summed E-state index contributed by atoms with van der Waals surface area (Å²) < 4.78 is 5.12. The van der Waals surface area contributed by atoms with Gasteiger partial charge in [0.25, 0.3) is 5.91 Å². The number of aromatic nitrogens is 2. The van der Waals surface area contributed by atoms with Crippen LogP contribution < -0.4 is 15.4 Å². The molecule has 0 spiro atoms. The molecule has 1 aromatic heterocycles. The summed E-state index contributed by atoms with van der Waals surface area (Å²) in [6, 6.07) is 12.7. The molecular formula is C21H21ClN4O2. The van der Waals surface area contributed by atoms with Crippen LogP contribution in [-0.4, -0.2) is 23.0 Å². The van der Waals surface area contributed by atoms with Crippen molar-refractivity contribution in [3.05, 3.63) is 70.1 Å². The van der Waals surface area contributed by atoms with Gasteiger partial charge in [0, 0.05) is 17.4 Å². The Bertz CT molecular complexity index is 1040. The predicted molar refractivity (Wildman–Crippen MR) is 112 cm³/mol. The highest BCUT2D eigenvalue weighted by Gasteiger charge is 2.13. The third-order valence-corrected chi connectivity index (χ3v) is 4.42. The number of halogens is 1. The maximum Gasteiger partial charge on any atom is 0.274 e. The molecule has 144 valence electrons. The number of benzene rings is 2. The van der Waals surface area contributed by atoms with Crippen LogP contribution in [0.2, 0.25) is 5.02 Å². The van der Waals surface area contributed by atoms with Gasteiger partial charge in [0.1, 0.15) is 23.1 Å². The number of nitrogens with one attached hydrogen (secondary N) is 2. The summed E-state index contributed by atoms with van der Waals surface area (Å²) in [5, 5.41) is 6.46. The maximum absolute atomic E-state index is 12.6. The third kappa shape index (κ3) is 4.58. The van der Waals surface area contributed by atoms with Crippen molar-refractivity contribution in [2.45, 2.75) is 20.8 Å². The van der Waals surface area contributed by atoms with E-state index in [1.54, 1.807) is 31.2 Å². The van der Waals surface area contributed by atoms with Gasteiger partial charge < -0.3 is 15.4 Å². The molecule has 0 aliphatic carbocycles. The Hall–Kier alpha value is -3.12. The largest absolute Gasteiger partial charge is 0.495 e. The zero-order valence-electron chi connectivity index (χ0n) is 16.1. The monoisotopic (exact) mass is 396 g/mol. The molecule has 2 N–H and O–H groups in total. The minimum atomic E-state index is -0.351. The van der Waals surface area contributed by atoms with Gasteiger partial charge in [-0.15, -0.1) is 0 Å². The van der Waals surface area contributed by atoms with Crippen molar-refractivity contribution in [1.29, 1.82) is 0 Å². The van der Waals surface area contributed by atoms with Crippen molar-refractivity contribution >= 4 is 34.7 Å². The SMILES string of the molecule is COc1ccc(NC(=O)c2cc(Nc3ccc(C)cc3C)nc(C)n2)cc1Cl. The molecular weight excluding hydrogens is 376 g/mol. The van der Waals surface area contributed by atoms with E-state index in [2.05, 4.69) is 26.7 Å². The first-order valence-corrected chi connectivity index (χ1v) is 9.08. The number of aryl methyl sites for hydroxylation is 3. The Morgan fingerprint density at radius 3 is 2.50 bits per heavy atom. The van der Waals surface area contributed by atoms with Gasteiger partial charge in [0.15, 0.2) is 0 Å². The van der Waals surface area contributed by atoms with E-state index in [-0.39, 0.29) is 11.6 Å². The van der Waals surface area contributed by atoms with Crippen LogP contribution in [0.1, 0.15) is 27.4 Å². The van der Waals surface area contributed by atoms with Crippen molar-refractivity contribution < 1.29 is 9.53 Å². The molecule has 0 bridgehead atoms. The molecule has 6 nitrogen and oxygen atoms in total. The normalized spacial score (nSPS) is 10.5. The molecule has 0 saturated carbocycles. The summed E-state index contributed by atoms with van der Waals surface area (Å²) in [6.45, 7) is 5.80. The van der Waals surface area contributed by atoms with Crippen molar-refractivity contribution in [2.24, 2.45) is 0 Å². The minimum absolute atomic E-state index is 0.256. The molecule has 0 aliphatic rings. The van der Waals surface area contributed by atoms with Crippen molar-refractivity contribution in [2.75, 3.05) is 17.7 Å². The van der Waals surface area contributed by atoms with E-state index in [1.807, 2.05) is 26.0 Å². The summed E-state index contributed by atoms with van der Waals surface area (Å²) in [6.07, 6.45) is 0. The number of nitrogens with zero attached hydrogens (tertiary/aromatic N) is 2. The Balaban J connectivity index is 1.82. The molecule has 3 rings (SSSR count). The molecule has 28 heavy (non-hydrogen) atoms. The van der Waals surface area contributed by atoms with Crippen molar-refractivity contribution in [3.63, 3.8) is 0 Å². The van der Waals surface area contributed by atoms with Gasteiger partial charge in [-0.05, 0) is 50.6 Å². The van der Waals surface area contributed by atoms with E-state index < -0.39 is 0 Å². The van der Waals surface area contributed by atoms with Gasteiger partial charge in [0.05, 0.1) is 12.1 Å². The molecule has 1 amide bonds. The van der Waals surface area contributed by atoms with E-state index in [4.69, 9.17) is 16.3 Å². The lowest BCUT2D eigenvalue weighted by molar-refractivity contribution is 0.102. The van der Waals surface area contributed by atoms with Crippen LogP contribution in [-0.2, 0) is 0 Å². The topological polar surface area (TPSA) is 76.1 Å². The van der Waals surface area contributed by atoms with Crippen molar-refractivity contribution in [1.82, 2.24) is 9.97 Å². The van der Waals surface area contributed by atoms with E-state index in [1.165, 1.54) is 12.7 Å². The summed E-state index contributed by atoms with van der Waals surface area (Å²) in [7, 11) is 1.54. The average Bonchev–Trinajstić information content (AvgIpc) is 2.64. The number of rotatable bonds is 5. The Labute approximate surface area is 168 Å². The van der Waals surface area contributed by atoms with E-state index in [0.29, 0.717) is 28.1 Å². The van der Waals surface area contributed by atoms with Gasteiger partial charge in [-0.25, -0.2) is 9.97 Å². The first-order chi connectivity index (χ1) is 13.4. The molecule has 0 radical (unpaired) electrons. The Morgan fingerprint density at radius 2 is 1.82 bits per heavy atom. The quantitative estimate of drug-likeness (QED) is 0.630. The number of amides is 1. The molecule has 7 heteroatoms. The van der Waals surface area contributed by atoms with Crippen LogP contribution in [0.25, 0.3) is 0 Å². The van der Waals surface area contributed by atoms with Gasteiger partial charge in [0.2, 0.25) is 0 Å². The number of hydrogen-bond acceptors (Lipinski definition) is 5. The van der Waals surface area contributed by atoms with Gasteiger partial charge in [-0.3, -0.25) is 4.79 Å². The minimum Gasteiger partial charge on any atom is -0.495 e. The fraction of sp³-hybridized carbons (Fsp3) is 0.190. The highest BCUT2D eigenvalue weighted by atomic mass is 35.5. The van der Waals surface area contributed by atoms with Gasteiger partial charge in [-0.2, -0.15) is 0 Å². The van der Waals surface area contributed by atoms with Crippen LogP contribution >= 0.6 is 11.6 Å². The molecule has 2 aromatic carbocycles. The molecule has 3 aromatic rings. The number of methoxy groups -OCH3 is 1. The predicted octanol–water partition coefficient (Wildman–Crippen LogP) is 5.06. The average molecular weight is 397 g/mol. The molecule has 1 heterocycles. The Morgan fingerprint density at radius 1 is 1.04 bits per heavy atom.